The number of nitrogens with zero attached hydrogens (tertiary/aromatic N) is 2. The lowest BCUT2D eigenvalue weighted by Gasteiger charge is -2.67. The van der Waals surface area contributed by atoms with Crippen LogP contribution in [0, 0.1) is 18.3 Å². The van der Waals surface area contributed by atoms with Gasteiger partial charge in [0.15, 0.2) is 23.4 Å². The van der Waals surface area contributed by atoms with Crippen molar-refractivity contribution in [3.63, 3.8) is 0 Å². The molecular weight excluding hydrogens is 570 g/mol. The zero-order chi connectivity index (χ0) is 31.3. The van der Waals surface area contributed by atoms with Crippen LogP contribution in [-0.4, -0.2) is 60.4 Å². The Morgan fingerprint density at radius 1 is 1.11 bits per heavy atom. The van der Waals surface area contributed by atoms with E-state index < -0.39 is 46.0 Å². The summed E-state index contributed by atoms with van der Waals surface area (Å²) in [6.45, 7) is 9.84. The average molecular weight is 608 g/mol. The third-order valence-corrected chi connectivity index (χ3v) is 12.4. The number of para-hydroxylation sites is 1. The van der Waals surface area contributed by atoms with Crippen LogP contribution < -0.4 is 0 Å². The molecule has 1 aromatic carbocycles. The fourth-order valence-corrected chi connectivity index (χ4v) is 10.1. The number of pyridine rings is 1. The Hall–Kier alpha value is -3.79. The highest BCUT2D eigenvalue weighted by Gasteiger charge is 2.78. The van der Waals surface area contributed by atoms with E-state index >= 15 is 0 Å². The number of rotatable bonds is 2. The SMILES string of the molecule is Cc1nc2ccccn2c1C(=O)O[C@H]1C[C@H]2Cc3c([nH]c4ccccc34)[C@]2(C)[C@@]2(C)CCC34O[C@@H](C(=O)C=C3[C@]12O)C(C)(C)O4. The molecule has 0 amide bonds. The molecule has 2 aliphatic heterocycles. The van der Waals surface area contributed by atoms with Crippen LogP contribution in [0.25, 0.3) is 16.6 Å². The van der Waals surface area contributed by atoms with Gasteiger partial charge in [-0.2, -0.15) is 0 Å². The van der Waals surface area contributed by atoms with Gasteiger partial charge in [-0.3, -0.25) is 9.20 Å². The van der Waals surface area contributed by atoms with Gasteiger partial charge >= 0.3 is 5.97 Å². The second-order valence-corrected chi connectivity index (χ2v) is 14.7. The van der Waals surface area contributed by atoms with Crippen molar-refractivity contribution in [2.45, 2.75) is 94.9 Å². The molecular formula is C36H37N3O6. The van der Waals surface area contributed by atoms with Crippen LogP contribution >= 0.6 is 0 Å². The molecule has 9 rings (SSSR count). The standard InChI is InChI=1S/C36H37N3O6/c1-19-28(39-15-9-8-12-27(39)37-19)31(41)43-26-17-20-16-22-21-10-6-7-11-23(21)38-29(22)34(20,5)33(4)13-14-35-25(36(26,33)42)18-24(40)30(44-35)32(2,3)45-35/h6-12,15,18,20,26,30,38,42H,13-14,16-17H2,1-5H3/t20-,26+,30+,33-,34-,35?,36+/m1/s1. The third-order valence-electron chi connectivity index (χ3n) is 12.4. The number of aliphatic hydroxyl groups is 1. The number of nitrogens with one attached hydrogen (secondary N) is 1. The number of hydrogen-bond donors (Lipinski definition) is 2. The molecule has 7 atom stereocenters. The molecule has 45 heavy (non-hydrogen) atoms. The van der Waals surface area contributed by atoms with Gasteiger partial charge in [0.25, 0.3) is 0 Å². The molecule has 1 unspecified atom stereocenters. The van der Waals surface area contributed by atoms with E-state index in [4.69, 9.17) is 14.2 Å². The van der Waals surface area contributed by atoms with E-state index in [1.165, 1.54) is 10.9 Å². The molecule has 5 aliphatic rings. The number of ether oxygens (including phenoxy) is 3. The lowest BCUT2D eigenvalue weighted by molar-refractivity contribution is -0.273. The first-order chi connectivity index (χ1) is 21.3. The molecule has 232 valence electrons. The van der Waals surface area contributed by atoms with Gasteiger partial charge in [0.2, 0.25) is 0 Å². The van der Waals surface area contributed by atoms with E-state index in [0.29, 0.717) is 41.9 Å². The second kappa shape index (κ2) is 8.32. The maximum Gasteiger partial charge on any atom is 0.357 e. The van der Waals surface area contributed by atoms with Gasteiger partial charge in [-0.05, 0) is 75.8 Å². The first kappa shape index (κ1) is 27.5. The smallest absolute Gasteiger partial charge is 0.357 e. The Bertz CT molecular complexity index is 2020. The molecule has 1 spiro atoms. The maximum absolute atomic E-state index is 14.2. The lowest BCUT2D eigenvalue weighted by Crippen LogP contribution is -2.75. The third kappa shape index (κ3) is 3.07. The molecule has 3 aromatic heterocycles. The van der Waals surface area contributed by atoms with Crippen LogP contribution in [0.15, 0.2) is 60.3 Å². The molecule has 9 nitrogen and oxygen atoms in total. The quantitative estimate of drug-likeness (QED) is 0.304. The highest BCUT2D eigenvalue weighted by atomic mass is 16.8. The monoisotopic (exact) mass is 607 g/mol. The number of aromatic amines is 1. The zero-order valence-electron chi connectivity index (χ0n) is 26.1. The Morgan fingerprint density at radius 2 is 1.89 bits per heavy atom. The summed E-state index contributed by atoms with van der Waals surface area (Å²) < 4.78 is 21.3. The minimum Gasteiger partial charge on any atom is -0.454 e. The second-order valence-electron chi connectivity index (χ2n) is 14.7. The number of H-pyrrole nitrogens is 1. The van der Waals surface area contributed by atoms with Gasteiger partial charge < -0.3 is 24.3 Å². The van der Waals surface area contributed by atoms with E-state index in [2.05, 4.69) is 42.0 Å². The topological polar surface area (TPSA) is 115 Å². The van der Waals surface area contributed by atoms with Crippen LogP contribution in [0.1, 0.15) is 74.4 Å². The maximum atomic E-state index is 14.2. The highest BCUT2D eigenvalue weighted by molar-refractivity contribution is 5.97. The number of carbonyl (C=O) groups excluding carboxylic acids is 2. The fraction of sp³-hybridized carbons (Fsp3) is 0.472. The van der Waals surface area contributed by atoms with E-state index in [1.807, 2.05) is 38.1 Å². The Kier molecular flexibility index (Phi) is 5.09. The van der Waals surface area contributed by atoms with E-state index in [1.54, 1.807) is 23.6 Å². The van der Waals surface area contributed by atoms with Crippen molar-refractivity contribution in [2.24, 2.45) is 11.3 Å². The molecule has 2 bridgehead atoms. The Morgan fingerprint density at radius 3 is 2.71 bits per heavy atom. The Balaban J connectivity index is 1.24. The van der Waals surface area contributed by atoms with Crippen LogP contribution in [0.4, 0.5) is 0 Å². The molecule has 2 N–H and O–H groups in total. The van der Waals surface area contributed by atoms with Crippen molar-refractivity contribution < 1.29 is 28.9 Å². The number of benzene rings is 1. The molecule has 4 aromatic rings. The predicted octanol–water partition coefficient (Wildman–Crippen LogP) is 5.11. The number of ketones is 1. The van der Waals surface area contributed by atoms with Crippen LogP contribution in [0.2, 0.25) is 0 Å². The summed E-state index contributed by atoms with van der Waals surface area (Å²) in [4.78, 5) is 36.1. The first-order valence-electron chi connectivity index (χ1n) is 16.0. The summed E-state index contributed by atoms with van der Waals surface area (Å²) in [7, 11) is 0. The van der Waals surface area contributed by atoms with Gasteiger partial charge in [0.1, 0.15) is 23.0 Å². The molecule has 2 saturated carbocycles. The summed E-state index contributed by atoms with van der Waals surface area (Å²) in [6, 6.07) is 13.9. The normalized spacial score (nSPS) is 37.6. The van der Waals surface area contributed by atoms with Gasteiger partial charge in [-0.1, -0.05) is 38.1 Å². The number of aryl methyl sites for hydroxylation is 1. The zero-order valence-corrected chi connectivity index (χ0v) is 26.1. The Labute approximate surface area is 260 Å². The fourth-order valence-electron chi connectivity index (χ4n) is 10.1. The van der Waals surface area contributed by atoms with Crippen LogP contribution in [0.3, 0.4) is 0 Å². The van der Waals surface area contributed by atoms with Gasteiger partial charge in [0, 0.05) is 45.6 Å². The van der Waals surface area contributed by atoms with Gasteiger partial charge in [-0.25, -0.2) is 9.78 Å². The van der Waals surface area contributed by atoms with Gasteiger partial charge in [0.05, 0.1) is 5.69 Å². The van der Waals surface area contributed by atoms with Crippen molar-refractivity contribution >= 4 is 28.3 Å². The van der Waals surface area contributed by atoms with Crippen molar-refractivity contribution in [3.05, 3.63) is 83.0 Å². The minimum absolute atomic E-state index is 0.0678. The van der Waals surface area contributed by atoms with E-state index in [9.17, 15) is 14.7 Å². The molecule has 9 heteroatoms. The molecule has 3 fully saturated rings. The largest absolute Gasteiger partial charge is 0.454 e. The van der Waals surface area contributed by atoms with Crippen molar-refractivity contribution in [1.82, 2.24) is 14.4 Å². The summed E-state index contributed by atoms with van der Waals surface area (Å²) in [6.07, 6.45) is 3.78. The molecule has 3 aliphatic carbocycles. The van der Waals surface area contributed by atoms with Crippen molar-refractivity contribution in [1.29, 1.82) is 0 Å². The summed E-state index contributed by atoms with van der Waals surface area (Å²) in [5, 5.41) is 14.7. The number of esters is 1. The average Bonchev–Trinajstić information content (AvgIpc) is 3.69. The van der Waals surface area contributed by atoms with E-state index in [0.717, 1.165) is 17.6 Å². The summed E-state index contributed by atoms with van der Waals surface area (Å²) >= 11 is 0. The minimum atomic E-state index is -1.78. The first-order valence-corrected chi connectivity index (χ1v) is 16.0. The van der Waals surface area contributed by atoms with Crippen LogP contribution in [-0.2, 0) is 30.8 Å². The number of carbonyl (C=O) groups is 2. The van der Waals surface area contributed by atoms with Gasteiger partial charge in [-0.15, -0.1) is 0 Å². The summed E-state index contributed by atoms with van der Waals surface area (Å²) in [5.41, 5.74) is 1.25. The van der Waals surface area contributed by atoms with Crippen molar-refractivity contribution in [2.75, 3.05) is 0 Å². The number of aromatic nitrogens is 3. The lowest BCUT2D eigenvalue weighted by atomic mass is 9.41. The number of hydrogen-bond acceptors (Lipinski definition) is 7. The van der Waals surface area contributed by atoms with Crippen molar-refractivity contribution in [3.8, 4) is 0 Å². The number of imidazole rings is 1. The molecule has 1 saturated heterocycles. The van der Waals surface area contributed by atoms with Crippen LogP contribution in [0.5, 0.6) is 0 Å². The number of fused-ring (bicyclic) bond motifs is 10. The highest BCUT2D eigenvalue weighted by Crippen LogP contribution is 2.72. The molecule has 0 radical (unpaired) electrons. The summed E-state index contributed by atoms with van der Waals surface area (Å²) in [5.74, 6) is -2.02. The van der Waals surface area contributed by atoms with E-state index in [-0.39, 0.29) is 11.7 Å². The molecule has 5 heterocycles. The predicted molar refractivity (Wildman–Crippen MR) is 165 cm³/mol.